The van der Waals surface area contributed by atoms with Crippen LogP contribution in [0.5, 0.6) is 0 Å². The van der Waals surface area contributed by atoms with E-state index in [-0.39, 0.29) is 11.5 Å². The molecule has 0 spiro atoms. The number of carbonyl (C=O) groups is 1. The molecular formula is C17H17N3O3S. The molecule has 0 bridgehead atoms. The molecule has 1 fully saturated rings. The van der Waals surface area contributed by atoms with Crippen LogP contribution in [0.3, 0.4) is 0 Å². The zero-order chi connectivity index (χ0) is 16.8. The third-order valence-electron chi connectivity index (χ3n) is 4.50. The van der Waals surface area contributed by atoms with Crippen molar-refractivity contribution in [3.63, 3.8) is 0 Å². The van der Waals surface area contributed by atoms with E-state index in [0.717, 1.165) is 10.4 Å². The average molecular weight is 343 g/mol. The van der Waals surface area contributed by atoms with Crippen molar-refractivity contribution in [1.29, 1.82) is 0 Å². The van der Waals surface area contributed by atoms with Gasteiger partial charge >= 0.3 is 0 Å². The lowest BCUT2D eigenvalue weighted by Crippen LogP contribution is -2.41. The molecule has 3 aromatic rings. The Bertz CT molecular complexity index is 1020. The molecule has 0 atom stereocenters. The maximum absolute atomic E-state index is 12.9. The molecule has 4 heterocycles. The largest absolute Gasteiger partial charge is 0.378 e. The first-order chi connectivity index (χ1) is 11.6. The van der Waals surface area contributed by atoms with Crippen molar-refractivity contribution in [2.24, 2.45) is 0 Å². The van der Waals surface area contributed by atoms with Gasteiger partial charge in [-0.2, -0.15) is 0 Å². The molecule has 3 aromatic heterocycles. The minimum absolute atomic E-state index is 0.104. The number of morpholine rings is 1. The van der Waals surface area contributed by atoms with Crippen LogP contribution in [0.4, 0.5) is 0 Å². The normalized spacial score (nSPS) is 15.3. The first-order valence-corrected chi connectivity index (χ1v) is 8.67. The minimum Gasteiger partial charge on any atom is -0.378 e. The van der Waals surface area contributed by atoms with Crippen LogP contribution in [0.25, 0.3) is 15.9 Å². The molecule has 0 unspecified atom stereocenters. The Morgan fingerprint density at radius 3 is 2.79 bits per heavy atom. The lowest BCUT2D eigenvalue weighted by molar-refractivity contribution is 0.0304. The highest BCUT2D eigenvalue weighted by molar-refractivity contribution is 7.18. The molecule has 0 saturated carbocycles. The molecule has 6 nitrogen and oxygen atoms in total. The number of carbonyl (C=O) groups excluding carboxylic acids is 1. The zero-order valence-corrected chi connectivity index (χ0v) is 14.4. The molecular weight excluding hydrogens is 326 g/mol. The van der Waals surface area contributed by atoms with E-state index < -0.39 is 0 Å². The Balaban J connectivity index is 1.95. The van der Waals surface area contributed by atoms with E-state index in [0.29, 0.717) is 47.7 Å². The zero-order valence-electron chi connectivity index (χ0n) is 13.5. The number of hydrogen-bond acceptors (Lipinski definition) is 5. The summed E-state index contributed by atoms with van der Waals surface area (Å²) in [4.78, 5) is 33.9. The lowest BCUT2D eigenvalue weighted by atomic mass is 10.2. The number of rotatable bonds is 1. The van der Waals surface area contributed by atoms with Gasteiger partial charge in [-0.15, -0.1) is 11.3 Å². The number of amides is 1. The summed E-state index contributed by atoms with van der Waals surface area (Å²) in [7, 11) is 0. The summed E-state index contributed by atoms with van der Waals surface area (Å²) >= 11 is 1.49. The molecule has 7 heteroatoms. The van der Waals surface area contributed by atoms with Crippen molar-refractivity contribution in [3.05, 3.63) is 44.7 Å². The van der Waals surface area contributed by atoms with Crippen LogP contribution in [-0.2, 0) is 4.74 Å². The van der Waals surface area contributed by atoms with Gasteiger partial charge < -0.3 is 9.64 Å². The summed E-state index contributed by atoms with van der Waals surface area (Å²) in [6.07, 6.45) is 1.67. The molecule has 1 aliphatic rings. The van der Waals surface area contributed by atoms with Gasteiger partial charge in [-0.1, -0.05) is 0 Å². The molecule has 124 valence electrons. The fraction of sp³-hybridized carbons (Fsp3) is 0.353. The summed E-state index contributed by atoms with van der Waals surface area (Å²) in [5.74, 6) is -0.104. The van der Waals surface area contributed by atoms with Crippen LogP contribution >= 0.6 is 11.3 Å². The number of pyridine rings is 1. The van der Waals surface area contributed by atoms with E-state index in [4.69, 9.17) is 4.74 Å². The predicted octanol–water partition coefficient (Wildman–Crippen LogP) is 2.00. The van der Waals surface area contributed by atoms with E-state index in [9.17, 15) is 9.59 Å². The number of hydrogen-bond donors (Lipinski definition) is 0. The van der Waals surface area contributed by atoms with Crippen molar-refractivity contribution in [1.82, 2.24) is 14.3 Å². The number of nitrogens with zero attached hydrogens (tertiary/aromatic N) is 3. The van der Waals surface area contributed by atoms with Gasteiger partial charge in [-0.3, -0.25) is 14.0 Å². The SMILES string of the molecule is Cc1sc2nc3c(C(=O)N4CCOCC4)cccn3c(=O)c2c1C. The van der Waals surface area contributed by atoms with Crippen molar-refractivity contribution in [2.45, 2.75) is 13.8 Å². The van der Waals surface area contributed by atoms with Gasteiger partial charge in [0.25, 0.3) is 11.5 Å². The van der Waals surface area contributed by atoms with Crippen LogP contribution in [0.2, 0.25) is 0 Å². The van der Waals surface area contributed by atoms with E-state index in [2.05, 4.69) is 4.98 Å². The number of thiophene rings is 1. The summed E-state index contributed by atoms with van der Waals surface area (Å²) in [6.45, 7) is 6.12. The second kappa shape index (κ2) is 5.68. The first-order valence-electron chi connectivity index (χ1n) is 7.86. The van der Waals surface area contributed by atoms with E-state index in [1.165, 1.54) is 15.7 Å². The number of ether oxygens (including phenoxy) is 1. The van der Waals surface area contributed by atoms with E-state index in [1.807, 2.05) is 13.8 Å². The monoisotopic (exact) mass is 343 g/mol. The Morgan fingerprint density at radius 2 is 2.04 bits per heavy atom. The van der Waals surface area contributed by atoms with Gasteiger partial charge in [-0.25, -0.2) is 4.98 Å². The fourth-order valence-electron chi connectivity index (χ4n) is 3.04. The molecule has 0 aromatic carbocycles. The van der Waals surface area contributed by atoms with Crippen LogP contribution in [0.15, 0.2) is 23.1 Å². The highest BCUT2D eigenvalue weighted by atomic mass is 32.1. The quantitative estimate of drug-likeness (QED) is 0.678. The van der Waals surface area contributed by atoms with Crippen LogP contribution < -0.4 is 5.56 Å². The van der Waals surface area contributed by atoms with Crippen molar-refractivity contribution in [3.8, 4) is 0 Å². The van der Waals surface area contributed by atoms with Crippen molar-refractivity contribution < 1.29 is 9.53 Å². The second-order valence-electron chi connectivity index (χ2n) is 5.90. The molecule has 4 rings (SSSR count). The molecule has 0 radical (unpaired) electrons. The highest BCUT2D eigenvalue weighted by Crippen LogP contribution is 2.27. The van der Waals surface area contributed by atoms with E-state index >= 15 is 0 Å². The van der Waals surface area contributed by atoms with E-state index in [1.54, 1.807) is 23.2 Å². The maximum atomic E-state index is 12.9. The molecule has 0 N–H and O–H groups in total. The smallest absolute Gasteiger partial charge is 0.266 e. The lowest BCUT2D eigenvalue weighted by Gasteiger charge is -2.27. The molecule has 0 aliphatic carbocycles. The van der Waals surface area contributed by atoms with Crippen molar-refractivity contribution in [2.75, 3.05) is 26.3 Å². The summed E-state index contributed by atoms with van der Waals surface area (Å²) in [5.41, 5.74) is 1.73. The Labute approximate surface area is 142 Å². The predicted molar refractivity (Wildman–Crippen MR) is 93.0 cm³/mol. The third-order valence-corrected chi connectivity index (χ3v) is 5.60. The van der Waals surface area contributed by atoms with Gasteiger partial charge in [0.1, 0.15) is 4.83 Å². The maximum Gasteiger partial charge on any atom is 0.266 e. The topological polar surface area (TPSA) is 63.9 Å². The van der Waals surface area contributed by atoms with Gasteiger partial charge in [0.15, 0.2) is 5.65 Å². The number of aromatic nitrogens is 2. The second-order valence-corrected chi connectivity index (χ2v) is 7.10. The highest BCUT2D eigenvalue weighted by Gasteiger charge is 2.22. The Morgan fingerprint density at radius 1 is 1.29 bits per heavy atom. The van der Waals surface area contributed by atoms with Crippen LogP contribution in [0, 0.1) is 13.8 Å². The summed E-state index contributed by atoms with van der Waals surface area (Å²) in [6, 6.07) is 3.46. The van der Waals surface area contributed by atoms with Gasteiger partial charge in [0.2, 0.25) is 0 Å². The summed E-state index contributed by atoms with van der Waals surface area (Å²) in [5, 5.41) is 0.644. The van der Waals surface area contributed by atoms with Gasteiger partial charge in [0.05, 0.1) is 24.2 Å². The van der Waals surface area contributed by atoms with Gasteiger partial charge in [0, 0.05) is 24.2 Å². The minimum atomic E-state index is -0.117. The van der Waals surface area contributed by atoms with Crippen molar-refractivity contribution >= 4 is 33.1 Å². The molecule has 1 saturated heterocycles. The Kier molecular flexibility index (Phi) is 3.62. The molecule has 1 aliphatic heterocycles. The van der Waals surface area contributed by atoms with Crippen LogP contribution in [0.1, 0.15) is 20.8 Å². The molecule has 24 heavy (non-hydrogen) atoms. The standard InChI is InChI=1S/C17H17N3O3S/c1-10-11(2)24-15-13(10)17(22)20-5-3-4-12(14(20)18-15)16(21)19-6-8-23-9-7-19/h3-5H,6-9H2,1-2H3. The number of fused-ring (bicyclic) bond motifs is 2. The first kappa shape index (κ1) is 15.3. The fourth-order valence-corrected chi connectivity index (χ4v) is 4.06. The van der Waals surface area contributed by atoms with Crippen LogP contribution in [-0.4, -0.2) is 46.5 Å². The third kappa shape index (κ3) is 2.23. The number of aryl methyl sites for hydroxylation is 2. The Hall–Kier alpha value is -2.25. The average Bonchev–Trinajstić information content (AvgIpc) is 2.89. The summed E-state index contributed by atoms with van der Waals surface area (Å²) < 4.78 is 6.78. The van der Waals surface area contributed by atoms with Gasteiger partial charge in [-0.05, 0) is 31.5 Å². The molecule has 1 amide bonds.